The second-order valence-corrected chi connectivity index (χ2v) is 9.78. The molecule has 1 amide bonds. The van der Waals surface area contributed by atoms with Crippen LogP contribution in [-0.2, 0) is 23.7 Å². The number of rotatable bonds is 3. The standard InChI is InChI=1S/C23H37NO6/c1-9-10-11-12-16-18-17(28-21(5,26-7)22(6,27-8)29-18)15-24(23(16)13-14-23)19(25)30-20(2,3)4/h16-18H,9-10,13-15H2,1-8H3/t16-,17-,18-,21?,22?/m1/s1. The normalized spacial score (nSPS) is 37.2. The van der Waals surface area contributed by atoms with Crippen molar-refractivity contribution in [3.05, 3.63) is 0 Å². The molecule has 0 N–H and O–H groups in total. The van der Waals surface area contributed by atoms with E-state index in [-0.39, 0.29) is 23.7 Å². The van der Waals surface area contributed by atoms with E-state index >= 15 is 0 Å². The lowest BCUT2D eigenvalue weighted by Gasteiger charge is -2.57. The fraction of sp³-hybridized carbons (Fsp3) is 0.870. The molecule has 3 rings (SSSR count). The lowest BCUT2D eigenvalue weighted by molar-refractivity contribution is -0.456. The summed E-state index contributed by atoms with van der Waals surface area (Å²) in [5.41, 5.74) is -0.962. The van der Waals surface area contributed by atoms with Crippen molar-refractivity contribution in [2.75, 3.05) is 20.8 Å². The molecule has 7 nitrogen and oxygen atoms in total. The quantitative estimate of drug-likeness (QED) is 0.645. The fourth-order valence-corrected chi connectivity index (χ4v) is 4.44. The zero-order valence-electron chi connectivity index (χ0n) is 19.7. The summed E-state index contributed by atoms with van der Waals surface area (Å²) in [7, 11) is 3.15. The number of unbranched alkanes of at least 4 members (excludes halogenated alkanes) is 1. The maximum absolute atomic E-state index is 13.1. The van der Waals surface area contributed by atoms with Crippen molar-refractivity contribution < 1.29 is 28.5 Å². The first-order valence-corrected chi connectivity index (χ1v) is 10.9. The number of methoxy groups -OCH3 is 2. The van der Waals surface area contributed by atoms with Crippen LogP contribution in [-0.4, -0.2) is 66.7 Å². The van der Waals surface area contributed by atoms with Crippen molar-refractivity contribution in [2.24, 2.45) is 5.92 Å². The molecule has 5 atom stereocenters. The second kappa shape index (κ2) is 7.98. The molecule has 170 valence electrons. The van der Waals surface area contributed by atoms with Gasteiger partial charge in [0.1, 0.15) is 17.8 Å². The highest BCUT2D eigenvalue weighted by atomic mass is 16.8. The van der Waals surface area contributed by atoms with E-state index in [2.05, 4.69) is 18.8 Å². The van der Waals surface area contributed by atoms with Gasteiger partial charge in [-0.15, -0.1) is 5.92 Å². The molecule has 0 radical (unpaired) electrons. The third-order valence-electron chi connectivity index (χ3n) is 6.52. The number of carbonyl (C=O) groups is 1. The summed E-state index contributed by atoms with van der Waals surface area (Å²) in [4.78, 5) is 15.0. The van der Waals surface area contributed by atoms with Crippen molar-refractivity contribution in [1.82, 2.24) is 4.90 Å². The molecule has 1 aliphatic carbocycles. The molecule has 0 aromatic heterocycles. The van der Waals surface area contributed by atoms with Crippen LogP contribution in [0.3, 0.4) is 0 Å². The lowest BCUT2D eigenvalue weighted by atomic mass is 9.81. The molecule has 1 spiro atoms. The lowest BCUT2D eigenvalue weighted by Crippen LogP contribution is -2.72. The van der Waals surface area contributed by atoms with E-state index < -0.39 is 23.3 Å². The van der Waals surface area contributed by atoms with Crippen LogP contribution in [0.2, 0.25) is 0 Å². The number of nitrogens with zero attached hydrogens (tertiary/aromatic N) is 1. The second-order valence-electron chi connectivity index (χ2n) is 9.78. The predicted octanol–water partition coefficient (Wildman–Crippen LogP) is 3.70. The van der Waals surface area contributed by atoms with Crippen LogP contribution in [0.4, 0.5) is 4.79 Å². The third kappa shape index (κ3) is 3.95. The highest BCUT2D eigenvalue weighted by Gasteiger charge is 2.68. The number of ether oxygens (including phenoxy) is 5. The van der Waals surface area contributed by atoms with Gasteiger partial charge in [-0.05, 0) is 53.9 Å². The Labute approximate surface area is 180 Å². The molecule has 2 unspecified atom stereocenters. The van der Waals surface area contributed by atoms with E-state index in [4.69, 9.17) is 23.7 Å². The van der Waals surface area contributed by atoms with Gasteiger partial charge in [-0.2, -0.15) is 0 Å². The molecule has 1 saturated carbocycles. The summed E-state index contributed by atoms with van der Waals surface area (Å²) in [5, 5.41) is 0. The van der Waals surface area contributed by atoms with E-state index in [0.29, 0.717) is 6.54 Å². The smallest absolute Gasteiger partial charge is 0.410 e. The van der Waals surface area contributed by atoms with Gasteiger partial charge in [0.15, 0.2) is 0 Å². The Morgan fingerprint density at radius 2 is 1.73 bits per heavy atom. The molecule has 0 bridgehead atoms. The average molecular weight is 424 g/mol. The Balaban J connectivity index is 1.98. The van der Waals surface area contributed by atoms with Gasteiger partial charge in [0.05, 0.1) is 18.0 Å². The number of fused-ring (bicyclic) bond motifs is 1. The summed E-state index contributed by atoms with van der Waals surface area (Å²) in [6.07, 6.45) is 2.45. The summed E-state index contributed by atoms with van der Waals surface area (Å²) in [5.74, 6) is 4.30. The molecular weight excluding hydrogens is 386 g/mol. The third-order valence-corrected chi connectivity index (χ3v) is 6.52. The number of carbonyl (C=O) groups excluding carboxylic acids is 1. The minimum absolute atomic E-state index is 0.189. The van der Waals surface area contributed by atoms with Crippen molar-refractivity contribution >= 4 is 6.09 Å². The van der Waals surface area contributed by atoms with Gasteiger partial charge in [0.2, 0.25) is 11.6 Å². The Morgan fingerprint density at radius 1 is 1.13 bits per heavy atom. The Kier molecular flexibility index (Phi) is 6.21. The number of piperidine rings is 1. The minimum atomic E-state index is -1.13. The van der Waals surface area contributed by atoms with E-state index in [9.17, 15) is 4.79 Å². The van der Waals surface area contributed by atoms with Gasteiger partial charge in [0.25, 0.3) is 0 Å². The first-order valence-electron chi connectivity index (χ1n) is 10.9. The average Bonchev–Trinajstić information content (AvgIpc) is 3.45. The Morgan fingerprint density at radius 3 is 2.23 bits per heavy atom. The highest BCUT2D eigenvalue weighted by molar-refractivity contribution is 5.70. The Bertz CT molecular complexity index is 717. The first kappa shape index (κ1) is 23.3. The van der Waals surface area contributed by atoms with E-state index in [1.165, 1.54) is 0 Å². The van der Waals surface area contributed by atoms with Gasteiger partial charge in [0, 0.05) is 20.6 Å². The summed E-state index contributed by atoms with van der Waals surface area (Å²) in [6.45, 7) is 11.7. The van der Waals surface area contributed by atoms with E-state index in [0.717, 1.165) is 25.7 Å². The molecule has 7 heteroatoms. The predicted molar refractivity (Wildman–Crippen MR) is 112 cm³/mol. The fourth-order valence-electron chi connectivity index (χ4n) is 4.44. The Hall–Kier alpha value is -1.33. The van der Waals surface area contributed by atoms with Crippen LogP contribution >= 0.6 is 0 Å². The van der Waals surface area contributed by atoms with Crippen LogP contribution in [0, 0.1) is 17.8 Å². The summed E-state index contributed by atoms with van der Waals surface area (Å²) >= 11 is 0. The number of hydrogen-bond acceptors (Lipinski definition) is 6. The SMILES string of the molecule is CCCC#C[C@@H]1[C@H]2OC(C)(OC)C(C)(OC)O[C@@H]2CN(C(=O)OC(C)(C)C)C12CC2. The van der Waals surface area contributed by atoms with Gasteiger partial charge in [-0.3, -0.25) is 4.90 Å². The van der Waals surface area contributed by atoms with Crippen molar-refractivity contribution in [1.29, 1.82) is 0 Å². The van der Waals surface area contributed by atoms with Crippen LogP contribution in [0.25, 0.3) is 0 Å². The van der Waals surface area contributed by atoms with Gasteiger partial charge in [-0.1, -0.05) is 12.8 Å². The molecule has 2 saturated heterocycles. The van der Waals surface area contributed by atoms with Crippen molar-refractivity contribution in [3.8, 4) is 11.8 Å². The molecular formula is C23H37NO6. The maximum atomic E-state index is 13.1. The number of amides is 1. The van der Waals surface area contributed by atoms with Gasteiger partial charge in [-0.25, -0.2) is 4.79 Å². The molecule has 3 aliphatic rings. The zero-order valence-corrected chi connectivity index (χ0v) is 19.7. The number of hydrogen-bond donors (Lipinski definition) is 0. The van der Waals surface area contributed by atoms with Crippen molar-refractivity contribution in [3.63, 3.8) is 0 Å². The summed E-state index contributed by atoms with van der Waals surface area (Å²) in [6, 6.07) is 0. The topological polar surface area (TPSA) is 66.5 Å². The molecule has 3 fully saturated rings. The van der Waals surface area contributed by atoms with Crippen LogP contribution in [0.5, 0.6) is 0 Å². The van der Waals surface area contributed by atoms with Gasteiger partial charge >= 0.3 is 6.09 Å². The molecule has 2 heterocycles. The molecule has 0 aromatic carbocycles. The zero-order chi connectivity index (χ0) is 22.4. The minimum Gasteiger partial charge on any atom is -0.444 e. The van der Waals surface area contributed by atoms with E-state index in [1.54, 1.807) is 21.1 Å². The van der Waals surface area contributed by atoms with Gasteiger partial charge < -0.3 is 23.7 Å². The first-order chi connectivity index (χ1) is 14.0. The van der Waals surface area contributed by atoms with Crippen molar-refractivity contribution in [2.45, 2.75) is 102 Å². The highest BCUT2D eigenvalue weighted by Crippen LogP contribution is 2.56. The van der Waals surface area contributed by atoms with Crippen LogP contribution < -0.4 is 0 Å². The molecule has 2 aliphatic heterocycles. The monoisotopic (exact) mass is 423 g/mol. The molecule has 30 heavy (non-hydrogen) atoms. The van der Waals surface area contributed by atoms with Crippen LogP contribution in [0.15, 0.2) is 0 Å². The van der Waals surface area contributed by atoms with E-state index in [1.807, 2.05) is 32.6 Å². The largest absolute Gasteiger partial charge is 0.444 e. The molecule has 0 aromatic rings. The maximum Gasteiger partial charge on any atom is 0.410 e. The van der Waals surface area contributed by atoms with Crippen LogP contribution in [0.1, 0.15) is 67.2 Å². The summed E-state index contributed by atoms with van der Waals surface area (Å²) < 4.78 is 30.1. The number of likely N-dealkylation sites (tertiary alicyclic amines) is 1.